The first-order valence-electron chi connectivity index (χ1n) is 9.12. The topological polar surface area (TPSA) is 59.8 Å². The first-order chi connectivity index (χ1) is 13.0. The molecule has 3 aromatic rings. The van der Waals surface area contributed by atoms with Crippen molar-refractivity contribution in [2.24, 2.45) is 0 Å². The molecule has 1 amide bonds. The molecule has 140 valence electrons. The first-order valence-corrected chi connectivity index (χ1v) is 10.0. The molecule has 0 fully saturated rings. The van der Waals surface area contributed by atoms with Crippen molar-refractivity contribution in [3.63, 3.8) is 0 Å². The standard InChI is InChI=1S/C20H21FN4OS/c1-12(2)20-23-13(11-27-20)10-22-19(26)18-14-6-5-9-16(14)25(24-18)17-8-4-3-7-15(17)21/h3-4,7-8,11-12H,5-6,9-10H2,1-2H3,(H,22,26). The Kier molecular flexibility index (Phi) is 4.78. The van der Waals surface area contributed by atoms with Gasteiger partial charge in [-0.2, -0.15) is 5.10 Å². The number of fused-ring (bicyclic) bond motifs is 1. The molecule has 5 nitrogen and oxygen atoms in total. The third kappa shape index (κ3) is 3.39. The Morgan fingerprint density at radius 1 is 1.33 bits per heavy atom. The van der Waals surface area contributed by atoms with E-state index in [1.54, 1.807) is 34.2 Å². The quantitative estimate of drug-likeness (QED) is 0.723. The second kappa shape index (κ2) is 7.23. The van der Waals surface area contributed by atoms with Gasteiger partial charge >= 0.3 is 0 Å². The normalized spacial score (nSPS) is 13.2. The van der Waals surface area contributed by atoms with Gasteiger partial charge in [0.05, 0.1) is 17.2 Å². The smallest absolute Gasteiger partial charge is 0.272 e. The molecule has 0 unspecified atom stereocenters. The average Bonchev–Trinajstić information content (AvgIpc) is 3.36. The van der Waals surface area contributed by atoms with Crippen LogP contribution in [0.2, 0.25) is 0 Å². The van der Waals surface area contributed by atoms with Crippen molar-refractivity contribution in [2.45, 2.75) is 45.6 Å². The largest absolute Gasteiger partial charge is 0.345 e. The highest BCUT2D eigenvalue weighted by Gasteiger charge is 2.27. The molecule has 1 aliphatic carbocycles. The van der Waals surface area contributed by atoms with Crippen molar-refractivity contribution in [1.29, 1.82) is 0 Å². The number of nitrogens with one attached hydrogen (secondary N) is 1. The summed E-state index contributed by atoms with van der Waals surface area (Å²) in [5, 5.41) is 10.4. The Bertz CT molecular complexity index is 992. The van der Waals surface area contributed by atoms with Gasteiger partial charge in [0.2, 0.25) is 0 Å². The van der Waals surface area contributed by atoms with E-state index in [9.17, 15) is 9.18 Å². The Balaban J connectivity index is 1.57. The third-order valence-electron chi connectivity index (χ3n) is 4.72. The van der Waals surface area contributed by atoms with Crippen molar-refractivity contribution in [3.8, 4) is 5.69 Å². The van der Waals surface area contributed by atoms with Crippen LogP contribution in [0.1, 0.15) is 58.6 Å². The van der Waals surface area contributed by atoms with Gasteiger partial charge in [-0.25, -0.2) is 14.1 Å². The van der Waals surface area contributed by atoms with E-state index in [-0.39, 0.29) is 11.7 Å². The number of benzene rings is 1. The van der Waals surface area contributed by atoms with E-state index in [2.05, 4.69) is 29.2 Å². The highest BCUT2D eigenvalue weighted by molar-refractivity contribution is 7.09. The number of halogens is 1. The monoisotopic (exact) mass is 384 g/mol. The fourth-order valence-electron chi connectivity index (χ4n) is 3.37. The lowest BCUT2D eigenvalue weighted by atomic mass is 10.2. The molecule has 27 heavy (non-hydrogen) atoms. The lowest BCUT2D eigenvalue weighted by Gasteiger charge is -2.06. The summed E-state index contributed by atoms with van der Waals surface area (Å²) in [5.74, 6) is -0.202. The molecular weight excluding hydrogens is 363 g/mol. The minimum absolute atomic E-state index is 0.234. The molecule has 7 heteroatoms. The van der Waals surface area contributed by atoms with Crippen LogP contribution in [0.5, 0.6) is 0 Å². The molecule has 4 rings (SSSR count). The molecule has 2 heterocycles. The van der Waals surface area contributed by atoms with E-state index in [1.807, 2.05) is 5.38 Å². The number of hydrogen-bond donors (Lipinski definition) is 1. The molecule has 1 aromatic carbocycles. The number of amides is 1. The number of rotatable bonds is 5. The molecule has 0 aliphatic heterocycles. The van der Waals surface area contributed by atoms with Gasteiger partial charge in [-0.1, -0.05) is 26.0 Å². The first kappa shape index (κ1) is 17.9. The highest BCUT2D eigenvalue weighted by Crippen LogP contribution is 2.28. The van der Waals surface area contributed by atoms with E-state index >= 15 is 0 Å². The summed E-state index contributed by atoms with van der Waals surface area (Å²) in [6.45, 7) is 4.56. The highest BCUT2D eigenvalue weighted by atomic mass is 32.1. The predicted molar refractivity (Wildman–Crippen MR) is 103 cm³/mol. The van der Waals surface area contributed by atoms with Gasteiger partial charge in [-0.15, -0.1) is 11.3 Å². The van der Waals surface area contributed by atoms with Crippen LogP contribution in [-0.4, -0.2) is 20.7 Å². The van der Waals surface area contributed by atoms with E-state index in [4.69, 9.17) is 0 Å². The number of carbonyl (C=O) groups is 1. The minimum atomic E-state index is -0.342. The number of thiazole rings is 1. The Morgan fingerprint density at radius 2 is 2.15 bits per heavy atom. The van der Waals surface area contributed by atoms with Crippen LogP contribution >= 0.6 is 11.3 Å². The van der Waals surface area contributed by atoms with E-state index in [1.165, 1.54) is 6.07 Å². The van der Waals surface area contributed by atoms with Crippen LogP contribution in [0.15, 0.2) is 29.6 Å². The van der Waals surface area contributed by atoms with E-state index in [0.29, 0.717) is 23.8 Å². The molecule has 0 spiro atoms. The van der Waals surface area contributed by atoms with Gasteiger partial charge in [0, 0.05) is 22.6 Å². The number of para-hydroxylation sites is 1. The second-order valence-corrected chi connectivity index (χ2v) is 7.89. The van der Waals surface area contributed by atoms with Crippen molar-refractivity contribution in [1.82, 2.24) is 20.1 Å². The average molecular weight is 384 g/mol. The van der Waals surface area contributed by atoms with Gasteiger partial charge in [0.1, 0.15) is 11.5 Å². The molecule has 0 bridgehead atoms. The van der Waals surface area contributed by atoms with Crippen LogP contribution in [0, 0.1) is 5.82 Å². The molecule has 2 aromatic heterocycles. The van der Waals surface area contributed by atoms with Crippen molar-refractivity contribution in [3.05, 3.63) is 63.1 Å². The summed E-state index contributed by atoms with van der Waals surface area (Å²) >= 11 is 1.60. The number of aromatic nitrogens is 3. The van der Waals surface area contributed by atoms with Crippen molar-refractivity contribution >= 4 is 17.2 Å². The molecule has 0 atom stereocenters. The molecule has 0 saturated heterocycles. The summed E-state index contributed by atoms with van der Waals surface area (Å²) in [7, 11) is 0. The van der Waals surface area contributed by atoms with Crippen LogP contribution in [0.25, 0.3) is 5.69 Å². The van der Waals surface area contributed by atoms with Crippen LogP contribution in [0.3, 0.4) is 0 Å². The molecule has 1 aliphatic rings. The lowest BCUT2D eigenvalue weighted by molar-refractivity contribution is 0.0944. The number of nitrogens with zero attached hydrogens (tertiary/aromatic N) is 3. The Hall–Kier alpha value is -2.54. The summed E-state index contributed by atoms with van der Waals surface area (Å²) in [6.07, 6.45) is 2.54. The van der Waals surface area contributed by atoms with Crippen LogP contribution < -0.4 is 5.32 Å². The fourth-order valence-corrected chi connectivity index (χ4v) is 4.20. The molecule has 1 N–H and O–H groups in total. The number of hydrogen-bond acceptors (Lipinski definition) is 4. The molecule has 0 radical (unpaired) electrons. The van der Waals surface area contributed by atoms with E-state index in [0.717, 1.165) is 41.2 Å². The van der Waals surface area contributed by atoms with Gasteiger partial charge in [0.15, 0.2) is 5.69 Å². The SMILES string of the molecule is CC(C)c1nc(CNC(=O)c2nn(-c3ccccc3F)c3c2CCC3)cs1. The molecule has 0 saturated carbocycles. The van der Waals surface area contributed by atoms with Crippen molar-refractivity contribution < 1.29 is 9.18 Å². The maximum absolute atomic E-state index is 14.2. The van der Waals surface area contributed by atoms with Crippen LogP contribution in [-0.2, 0) is 19.4 Å². The second-order valence-electron chi connectivity index (χ2n) is 7.01. The van der Waals surface area contributed by atoms with Gasteiger partial charge in [-0.3, -0.25) is 4.79 Å². The zero-order valence-corrected chi connectivity index (χ0v) is 16.1. The summed E-state index contributed by atoms with van der Waals surface area (Å²) < 4.78 is 15.8. The fraction of sp³-hybridized carbons (Fsp3) is 0.350. The zero-order chi connectivity index (χ0) is 19.0. The number of carbonyl (C=O) groups excluding carboxylic acids is 1. The summed E-state index contributed by atoms with van der Waals surface area (Å²) in [4.78, 5) is 17.3. The van der Waals surface area contributed by atoms with Crippen LogP contribution in [0.4, 0.5) is 4.39 Å². The van der Waals surface area contributed by atoms with Gasteiger partial charge in [-0.05, 0) is 31.4 Å². The Labute approximate surface area is 161 Å². The van der Waals surface area contributed by atoms with Gasteiger partial charge < -0.3 is 5.32 Å². The zero-order valence-electron chi connectivity index (χ0n) is 15.3. The Morgan fingerprint density at radius 3 is 2.89 bits per heavy atom. The minimum Gasteiger partial charge on any atom is -0.345 e. The summed E-state index contributed by atoms with van der Waals surface area (Å²) in [6, 6.07) is 6.52. The third-order valence-corrected chi connectivity index (χ3v) is 5.91. The lowest BCUT2D eigenvalue weighted by Crippen LogP contribution is -2.24. The summed E-state index contributed by atoms with van der Waals surface area (Å²) in [5.41, 5.74) is 3.49. The van der Waals surface area contributed by atoms with Gasteiger partial charge in [0.25, 0.3) is 5.91 Å². The predicted octanol–water partition coefficient (Wildman–Crippen LogP) is 4.01. The van der Waals surface area contributed by atoms with Crippen molar-refractivity contribution in [2.75, 3.05) is 0 Å². The maximum Gasteiger partial charge on any atom is 0.272 e. The maximum atomic E-state index is 14.2. The molecular formula is C20H21FN4OS. The van der Waals surface area contributed by atoms with E-state index < -0.39 is 0 Å².